The van der Waals surface area contributed by atoms with Crippen LogP contribution in [0.15, 0.2) is 30.3 Å². The minimum Gasteiger partial charge on any atom is -0.481 e. The largest absolute Gasteiger partial charge is 0.481 e. The molecule has 7 heteroatoms. The van der Waals surface area contributed by atoms with E-state index in [0.29, 0.717) is 13.0 Å². The Morgan fingerprint density at radius 3 is 2.44 bits per heavy atom. The van der Waals surface area contributed by atoms with Gasteiger partial charge >= 0.3 is 5.97 Å². The van der Waals surface area contributed by atoms with Crippen LogP contribution < -0.4 is 15.6 Å². The molecule has 1 heterocycles. The molecule has 32 heavy (non-hydrogen) atoms. The van der Waals surface area contributed by atoms with Crippen molar-refractivity contribution in [1.82, 2.24) is 5.53 Å². The summed E-state index contributed by atoms with van der Waals surface area (Å²) in [6.45, 7) is 16.1. The highest BCUT2D eigenvalue weighted by molar-refractivity contribution is 6.74. The zero-order chi connectivity index (χ0) is 23.8. The smallest absolute Gasteiger partial charge is 0.303 e. The third kappa shape index (κ3) is 4.85. The summed E-state index contributed by atoms with van der Waals surface area (Å²) >= 11 is 0. The summed E-state index contributed by atoms with van der Waals surface area (Å²) in [6, 6.07) is 10.5. The Bertz CT molecular complexity index is 1010. The van der Waals surface area contributed by atoms with E-state index in [9.17, 15) is 4.79 Å². The van der Waals surface area contributed by atoms with Crippen LogP contribution in [0.4, 0.5) is 17.1 Å². The molecule has 0 unspecified atom stereocenters. The van der Waals surface area contributed by atoms with E-state index in [1.54, 1.807) is 0 Å². The monoisotopic (exact) mass is 455 g/mol. The number of anilines is 3. The van der Waals surface area contributed by atoms with Crippen LogP contribution in [0.2, 0.25) is 18.1 Å². The number of hydrogen-bond acceptors (Lipinski definition) is 5. The van der Waals surface area contributed by atoms with Gasteiger partial charge in [-0.25, -0.2) is 0 Å². The summed E-state index contributed by atoms with van der Waals surface area (Å²) in [5.41, 5.74) is 11.2. The molecule has 0 amide bonds. The van der Waals surface area contributed by atoms with Gasteiger partial charge in [0.1, 0.15) is 0 Å². The van der Waals surface area contributed by atoms with Gasteiger partial charge in [0.25, 0.3) is 0 Å². The molecule has 3 rings (SSSR count). The first kappa shape index (κ1) is 24.3. The Labute approximate surface area is 193 Å². The molecule has 174 valence electrons. The highest BCUT2D eigenvalue weighted by Gasteiger charge is 2.37. The molecule has 2 N–H and O–H groups in total. The van der Waals surface area contributed by atoms with Crippen molar-refractivity contribution in [2.24, 2.45) is 0 Å². The summed E-state index contributed by atoms with van der Waals surface area (Å²) in [4.78, 5) is 11.1. The number of carboxylic acid groups (broad SMARTS) is 1. The van der Waals surface area contributed by atoms with Gasteiger partial charge in [-0.2, -0.15) is 0 Å². The van der Waals surface area contributed by atoms with Crippen molar-refractivity contribution < 1.29 is 14.3 Å². The molecule has 2 aromatic carbocycles. The van der Waals surface area contributed by atoms with E-state index in [-0.39, 0.29) is 11.5 Å². The second-order valence-electron chi connectivity index (χ2n) is 10.3. The third-order valence-corrected chi connectivity index (χ3v) is 11.4. The molecule has 0 saturated heterocycles. The lowest BCUT2D eigenvalue weighted by Gasteiger charge is -2.36. The van der Waals surface area contributed by atoms with Gasteiger partial charge in [0.05, 0.1) is 23.7 Å². The molecule has 0 spiro atoms. The molecule has 0 atom stereocenters. The fourth-order valence-corrected chi connectivity index (χ4v) is 4.61. The maximum absolute atomic E-state index is 11.1. The second-order valence-corrected chi connectivity index (χ2v) is 15.1. The van der Waals surface area contributed by atoms with Crippen LogP contribution in [-0.4, -0.2) is 26.4 Å². The number of carboxylic acids is 1. The number of benzene rings is 2. The Balaban J connectivity index is 1.93. The zero-order valence-corrected chi connectivity index (χ0v) is 21.7. The number of fused-ring (bicyclic) bond motifs is 1. The number of aryl methyl sites for hydroxylation is 2. The Hall–Kier alpha value is -2.35. The van der Waals surface area contributed by atoms with Crippen LogP contribution >= 0.6 is 0 Å². The number of nitrogens with one attached hydrogen (secondary N) is 1. The van der Waals surface area contributed by atoms with Crippen LogP contribution in [0.3, 0.4) is 0 Å². The number of nitrogens with zero attached hydrogens (tertiary/aromatic N) is 2. The first-order chi connectivity index (χ1) is 14.8. The quantitative estimate of drug-likeness (QED) is 0.511. The maximum Gasteiger partial charge on any atom is 0.303 e. The molecule has 0 bridgehead atoms. The Kier molecular flexibility index (Phi) is 6.74. The normalized spacial score (nSPS) is 14.1. The van der Waals surface area contributed by atoms with E-state index < -0.39 is 14.3 Å². The lowest BCUT2D eigenvalue weighted by molar-refractivity contribution is -0.136. The number of carbonyl (C=O) groups is 1. The highest BCUT2D eigenvalue weighted by atomic mass is 28.4. The predicted molar refractivity (Wildman–Crippen MR) is 134 cm³/mol. The van der Waals surface area contributed by atoms with Gasteiger partial charge in [0, 0.05) is 13.5 Å². The Morgan fingerprint density at radius 2 is 1.81 bits per heavy atom. The van der Waals surface area contributed by atoms with Crippen LogP contribution in [0.25, 0.3) is 0 Å². The molecule has 0 saturated carbocycles. The number of hydrogen-bond donors (Lipinski definition) is 2. The van der Waals surface area contributed by atoms with Crippen molar-refractivity contribution in [3.63, 3.8) is 0 Å². The topological polar surface area (TPSA) is 65.0 Å². The number of rotatable bonds is 7. The SMILES string of the molecule is Cc1ccc(N2NN(C)c3ccc(CCC(=O)O)c(C)c32)cc1CO[Si](C)(C)C(C)(C)C. The predicted octanol–water partition coefficient (Wildman–Crippen LogP) is 5.85. The van der Waals surface area contributed by atoms with E-state index in [1.165, 1.54) is 11.1 Å². The molecule has 0 fully saturated rings. The zero-order valence-electron chi connectivity index (χ0n) is 20.7. The molecule has 1 aliphatic heterocycles. The first-order valence-electron chi connectivity index (χ1n) is 11.2. The van der Waals surface area contributed by atoms with Crippen molar-refractivity contribution in [3.05, 3.63) is 52.6 Å². The van der Waals surface area contributed by atoms with Crippen LogP contribution in [0.5, 0.6) is 0 Å². The minimum absolute atomic E-state index is 0.127. The molecular weight excluding hydrogens is 418 g/mol. The van der Waals surface area contributed by atoms with Crippen molar-refractivity contribution in [2.45, 2.75) is 72.2 Å². The van der Waals surface area contributed by atoms with Gasteiger partial charge in [0.15, 0.2) is 8.32 Å². The number of hydrazine groups is 2. The van der Waals surface area contributed by atoms with E-state index in [4.69, 9.17) is 9.53 Å². The standard InChI is InChI=1S/C25H37N3O3Si/c1-17-9-12-21(15-20(17)16-31-32(7,8)25(3,4)5)28-24-18(2)19(11-14-23(29)30)10-13-22(24)27(6)26-28/h9-10,12-13,15,26H,11,14,16H2,1-8H3,(H,29,30). The third-order valence-electron chi connectivity index (χ3n) is 6.95. The number of aliphatic carboxylic acids is 1. The van der Waals surface area contributed by atoms with Crippen molar-refractivity contribution in [3.8, 4) is 0 Å². The van der Waals surface area contributed by atoms with E-state index in [1.807, 2.05) is 18.1 Å². The van der Waals surface area contributed by atoms with Gasteiger partial charge in [-0.15, -0.1) is 5.53 Å². The van der Waals surface area contributed by atoms with Crippen molar-refractivity contribution in [2.75, 3.05) is 17.1 Å². The molecule has 1 aliphatic rings. The lowest BCUT2D eigenvalue weighted by Crippen LogP contribution is -2.40. The first-order valence-corrected chi connectivity index (χ1v) is 14.1. The molecule has 2 aromatic rings. The van der Waals surface area contributed by atoms with Gasteiger partial charge in [-0.1, -0.05) is 32.9 Å². The summed E-state index contributed by atoms with van der Waals surface area (Å²) in [7, 11) is 0.142. The van der Waals surface area contributed by atoms with Crippen LogP contribution in [0.1, 0.15) is 49.4 Å². The average molecular weight is 456 g/mol. The molecular formula is C25H37N3O3Si. The maximum atomic E-state index is 11.1. The van der Waals surface area contributed by atoms with Gasteiger partial charge < -0.3 is 9.53 Å². The molecule has 0 radical (unpaired) electrons. The Morgan fingerprint density at radius 1 is 1.12 bits per heavy atom. The van der Waals surface area contributed by atoms with Crippen molar-refractivity contribution in [1.29, 1.82) is 0 Å². The van der Waals surface area contributed by atoms with Crippen molar-refractivity contribution >= 4 is 31.3 Å². The fraction of sp³-hybridized carbons (Fsp3) is 0.480. The average Bonchev–Trinajstić information content (AvgIpc) is 3.03. The molecule has 0 aromatic heterocycles. The minimum atomic E-state index is -1.85. The van der Waals surface area contributed by atoms with Gasteiger partial charge in [0.2, 0.25) is 0 Å². The van der Waals surface area contributed by atoms with Gasteiger partial charge in [-0.3, -0.25) is 14.8 Å². The summed E-state index contributed by atoms with van der Waals surface area (Å²) in [6.07, 6.45) is 0.647. The van der Waals surface area contributed by atoms with Crippen LogP contribution in [-0.2, 0) is 22.2 Å². The van der Waals surface area contributed by atoms with Crippen LogP contribution in [0, 0.1) is 13.8 Å². The highest BCUT2D eigenvalue weighted by Crippen LogP contribution is 2.42. The fourth-order valence-electron chi connectivity index (χ4n) is 3.66. The van der Waals surface area contributed by atoms with E-state index in [0.717, 1.165) is 28.2 Å². The van der Waals surface area contributed by atoms with E-state index in [2.05, 4.69) is 82.5 Å². The second kappa shape index (κ2) is 8.88. The summed E-state index contributed by atoms with van der Waals surface area (Å²) in [5, 5.41) is 13.4. The van der Waals surface area contributed by atoms with Gasteiger partial charge in [-0.05, 0) is 78.9 Å². The van der Waals surface area contributed by atoms with E-state index >= 15 is 0 Å². The summed E-state index contributed by atoms with van der Waals surface area (Å²) in [5.74, 6) is -0.776. The summed E-state index contributed by atoms with van der Waals surface area (Å²) < 4.78 is 6.50. The lowest BCUT2D eigenvalue weighted by atomic mass is 10.00. The molecule has 0 aliphatic carbocycles. The molecule has 6 nitrogen and oxygen atoms in total.